The van der Waals surface area contributed by atoms with Gasteiger partial charge in [-0.25, -0.2) is 5.01 Å². The molecule has 0 unspecified atom stereocenters. The van der Waals surface area contributed by atoms with Gasteiger partial charge in [-0.1, -0.05) is 60.1 Å². The number of hydrazine groups is 1. The Kier molecular flexibility index (Phi) is 4.07. The predicted molar refractivity (Wildman–Crippen MR) is 117 cm³/mol. The number of benzene rings is 4. The van der Waals surface area contributed by atoms with Gasteiger partial charge < -0.3 is 0 Å². The van der Waals surface area contributed by atoms with E-state index in [-0.39, 0.29) is 5.57 Å². The molecule has 5 rings (SSSR count). The molecule has 4 aromatic rings. The summed E-state index contributed by atoms with van der Waals surface area (Å²) >= 11 is 5.93. The van der Waals surface area contributed by atoms with Crippen LogP contribution in [0.4, 0.5) is 5.69 Å². The van der Waals surface area contributed by atoms with Crippen LogP contribution in [0.3, 0.4) is 0 Å². The molecule has 1 saturated heterocycles. The molecule has 4 nitrogen and oxygen atoms in total. The first-order chi connectivity index (χ1) is 14.1. The fourth-order valence-corrected chi connectivity index (χ4v) is 3.80. The van der Waals surface area contributed by atoms with E-state index in [4.69, 9.17) is 11.6 Å². The van der Waals surface area contributed by atoms with Crippen molar-refractivity contribution in [2.75, 3.05) is 5.01 Å². The van der Waals surface area contributed by atoms with Gasteiger partial charge in [0, 0.05) is 5.02 Å². The Balaban J connectivity index is 1.68. The molecule has 0 aromatic heterocycles. The Morgan fingerprint density at radius 3 is 2.00 bits per heavy atom. The van der Waals surface area contributed by atoms with Gasteiger partial charge in [0.15, 0.2) is 0 Å². The Morgan fingerprint density at radius 2 is 1.38 bits per heavy atom. The number of halogens is 1. The molecule has 0 atom stereocenters. The first-order valence-electron chi connectivity index (χ1n) is 9.15. The van der Waals surface area contributed by atoms with E-state index in [0.29, 0.717) is 10.7 Å². The number of rotatable bonds is 2. The topological polar surface area (TPSA) is 49.4 Å². The van der Waals surface area contributed by atoms with Crippen LogP contribution >= 0.6 is 11.6 Å². The fraction of sp³-hybridized carbons (Fsp3) is 0. The highest BCUT2D eigenvalue weighted by Crippen LogP contribution is 2.31. The highest BCUT2D eigenvalue weighted by molar-refractivity contribution is 6.33. The molecule has 0 spiro atoms. The zero-order chi connectivity index (χ0) is 20.0. The van der Waals surface area contributed by atoms with Gasteiger partial charge in [-0.2, -0.15) is 0 Å². The Labute approximate surface area is 172 Å². The fourth-order valence-electron chi connectivity index (χ4n) is 3.68. The third-order valence-electron chi connectivity index (χ3n) is 5.08. The van der Waals surface area contributed by atoms with Crippen molar-refractivity contribution < 1.29 is 9.59 Å². The standard InChI is InChI=1S/C24H15ClN2O2/c25-17-9-11-18(12-10-17)27-24(29)22(23(28)26-27)14-21-19-7-3-1-5-15(19)13-16-6-2-4-8-20(16)21/h1-14H,(H,26,28)/b22-14-. The lowest BCUT2D eigenvalue weighted by molar-refractivity contribution is -0.117. The van der Waals surface area contributed by atoms with Gasteiger partial charge in [0.05, 0.1) is 5.69 Å². The second kappa shape index (κ2) is 6.76. The Morgan fingerprint density at radius 1 is 0.793 bits per heavy atom. The zero-order valence-corrected chi connectivity index (χ0v) is 16.0. The summed E-state index contributed by atoms with van der Waals surface area (Å²) in [6.45, 7) is 0. The van der Waals surface area contributed by atoms with Crippen LogP contribution in [-0.4, -0.2) is 11.8 Å². The SMILES string of the molecule is O=C1NN(c2ccc(Cl)cc2)C(=O)/C1=C\c1c2ccccc2cc2ccccc12. The van der Waals surface area contributed by atoms with Crippen molar-refractivity contribution in [3.05, 3.63) is 95.0 Å². The molecular weight excluding hydrogens is 384 g/mol. The summed E-state index contributed by atoms with van der Waals surface area (Å²) in [5.74, 6) is -0.823. The highest BCUT2D eigenvalue weighted by atomic mass is 35.5. The molecule has 1 fully saturated rings. The van der Waals surface area contributed by atoms with Crippen molar-refractivity contribution >= 4 is 56.7 Å². The lowest BCUT2D eigenvalue weighted by atomic mass is 9.95. The van der Waals surface area contributed by atoms with E-state index in [1.54, 1.807) is 30.3 Å². The number of fused-ring (bicyclic) bond motifs is 2. The quantitative estimate of drug-likeness (QED) is 0.290. The van der Waals surface area contributed by atoms with Crippen LogP contribution in [-0.2, 0) is 9.59 Å². The average molecular weight is 399 g/mol. The molecule has 0 saturated carbocycles. The first-order valence-corrected chi connectivity index (χ1v) is 9.53. The first kappa shape index (κ1) is 17.5. The normalized spacial score (nSPS) is 15.5. The average Bonchev–Trinajstić information content (AvgIpc) is 3.02. The third-order valence-corrected chi connectivity index (χ3v) is 5.33. The van der Waals surface area contributed by atoms with Crippen molar-refractivity contribution in [3.8, 4) is 0 Å². The van der Waals surface area contributed by atoms with E-state index in [2.05, 4.69) is 11.5 Å². The minimum absolute atomic E-state index is 0.0986. The van der Waals surface area contributed by atoms with Crippen molar-refractivity contribution in [2.45, 2.75) is 0 Å². The van der Waals surface area contributed by atoms with Crippen molar-refractivity contribution in [1.29, 1.82) is 0 Å². The van der Waals surface area contributed by atoms with E-state index < -0.39 is 11.8 Å². The molecule has 2 amide bonds. The number of hydrogen-bond acceptors (Lipinski definition) is 2. The van der Waals surface area contributed by atoms with Crippen LogP contribution in [0.1, 0.15) is 5.56 Å². The number of nitrogens with zero attached hydrogens (tertiary/aromatic N) is 1. The van der Waals surface area contributed by atoms with E-state index in [9.17, 15) is 9.59 Å². The second-order valence-electron chi connectivity index (χ2n) is 6.85. The van der Waals surface area contributed by atoms with Gasteiger partial charge in [0.2, 0.25) is 0 Å². The minimum Gasteiger partial charge on any atom is -0.267 e. The van der Waals surface area contributed by atoms with Gasteiger partial charge in [-0.15, -0.1) is 0 Å². The Hall–Kier alpha value is -3.63. The number of carbonyl (C=O) groups is 2. The molecule has 0 radical (unpaired) electrons. The van der Waals surface area contributed by atoms with E-state index in [1.165, 1.54) is 5.01 Å². The van der Waals surface area contributed by atoms with Crippen LogP contribution in [0.15, 0.2) is 84.4 Å². The smallest absolute Gasteiger partial charge is 0.267 e. The van der Waals surface area contributed by atoms with E-state index >= 15 is 0 Å². The minimum atomic E-state index is -0.429. The van der Waals surface area contributed by atoms with Crippen molar-refractivity contribution in [3.63, 3.8) is 0 Å². The van der Waals surface area contributed by atoms with Gasteiger partial charge >= 0.3 is 0 Å². The van der Waals surface area contributed by atoms with Gasteiger partial charge in [0.25, 0.3) is 11.8 Å². The monoisotopic (exact) mass is 398 g/mol. The summed E-state index contributed by atoms with van der Waals surface area (Å²) in [4.78, 5) is 25.7. The maximum Gasteiger partial charge on any atom is 0.282 e. The zero-order valence-electron chi connectivity index (χ0n) is 15.2. The second-order valence-corrected chi connectivity index (χ2v) is 7.28. The summed E-state index contributed by atoms with van der Waals surface area (Å²) in [6, 6.07) is 24.8. The molecule has 0 bridgehead atoms. The third kappa shape index (κ3) is 2.94. The van der Waals surface area contributed by atoms with Crippen LogP contribution in [0.25, 0.3) is 27.6 Å². The largest absolute Gasteiger partial charge is 0.282 e. The maximum absolute atomic E-state index is 13.0. The lowest BCUT2D eigenvalue weighted by Gasteiger charge is -2.14. The number of hydrogen-bond donors (Lipinski definition) is 1. The lowest BCUT2D eigenvalue weighted by Crippen LogP contribution is -2.35. The summed E-state index contributed by atoms with van der Waals surface area (Å²) in [5.41, 5.74) is 4.15. The molecule has 5 heteroatoms. The maximum atomic E-state index is 13.0. The molecular formula is C24H15ClN2O2. The number of amides is 2. The molecule has 1 aliphatic rings. The van der Waals surface area contributed by atoms with E-state index in [1.807, 2.05) is 48.5 Å². The van der Waals surface area contributed by atoms with Crippen LogP contribution in [0.2, 0.25) is 5.02 Å². The van der Waals surface area contributed by atoms with Crippen LogP contribution in [0, 0.1) is 0 Å². The summed E-state index contributed by atoms with van der Waals surface area (Å²) < 4.78 is 0. The van der Waals surface area contributed by atoms with Gasteiger partial charge in [0.1, 0.15) is 5.57 Å². The Bertz CT molecular complexity index is 1270. The predicted octanol–water partition coefficient (Wildman–Crippen LogP) is 5.11. The van der Waals surface area contributed by atoms with Gasteiger partial charge in [-0.05, 0) is 63.5 Å². The number of nitrogens with one attached hydrogen (secondary N) is 1. The van der Waals surface area contributed by atoms with Crippen molar-refractivity contribution in [2.24, 2.45) is 0 Å². The molecule has 1 aliphatic heterocycles. The molecule has 1 heterocycles. The summed E-state index contributed by atoms with van der Waals surface area (Å²) in [7, 11) is 0. The highest BCUT2D eigenvalue weighted by Gasteiger charge is 2.34. The molecule has 1 N–H and O–H groups in total. The number of anilines is 1. The molecule has 140 valence electrons. The summed E-state index contributed by atoms with van der Waals surface area (Å²) in [6.07, 6.45) is 1.69. The van der Waals surface area contributed by atoms with E-state index in [0.717, 1.165) is 27.1 Å². The molecule has 0 aliphatic carbocycles. The van der Waals surface area contributed by atoms with Crippen molar-refractivity contribution in [1.82, 2.24) is 5.43 Å². The van der Waals surface area contributed by atoms with Crippen LogP contribution < -0.4 is 10.4 Å². The molecule has 4 aromatic carbocycles. The van der Waals surface area contributed by atoms with Crippen LogP contribution in [0.5, 0.6) is 0 Å². The number of carbonyl (C=O) groups excluding carboxylic acids is 2. The summed E-state index contributed by atoms with van der Waals surface area (Å²) in [5, 5.41) is 5.90. The molecule has 29 heavy (non-hydrogen) atoms. The van der Waals surface area contributed by atoms with Gasteiger partial charge in [-0.3, -0.25) is 15.0 Å².